The molecule has 1 amide bonds. The molecule has 1 saturated heterocycles. The second-order valence-corrected chi connectivity index (χ2v) is 8.37. The van der Waals surface area contributed by atoms with Gasteiger partial charge in [0.05, 0.1) is 11.9 Å². The van der Waals surface area contributed by atoms with Crippen LogP contribution in [0.2, 0.25) is 0 Å². The molecule has 0 spiro atoms. The van der Waals surface area contributed by atoms with Crippen LogP contribution in [-0.2, 0) is 16.1 Å². The van der Waals surface area contributed by atoms with Gasteiger partial charge in [0.25, 0.3) is 0 Å². The van der Waals surface area contributed by atoms with Crippen molar-refractivity contribution in [2.75, 3.05) is 18.9 Å². The van der Waals surface area contributed by atoms with E-state index in [1.807, 2.05) is 0 Å². The SMILES string of the molecule is Cc1ccc(Cn2cc(SCC(=O)NC[C@H]3CCCO3)c3ccccc32)cc1. The molecule has 0 aliphatic carbocycles. The van der Waals surface area contributed by atoms with Crippen LogP contribution in [0.15, 0.2) is 59.6 Å². The average Bonchev–Trinajstić information content (AvgIpc) is 3.35. The number of carbonyl (C=O) groups is 1. The molecule has 1 atom stereocenters. The Balaban J connectivity index is 1.43. The van der Waals surface area contributed by atoms with E-state index in [2.05, 4.69) is 71.5 Å². The second kappa shape index (κ2) is 8.84. The van der Waals surface area contributed by atoms with E-state index in [1.165, 1.54) is 22.0 Å². The third-order valence-corrected chi connectivity index (χ3v) is 6.18. The number of hydrogen-bond donors (Lipinski definition) is 1. The molecule has 1 aliphatic rings. The Kier molecular flexibility index (Phi) is 6.03. The standard InChI is InChI=1S/C23H26N2O2S/c1-17-8-10-18(11-9-17)14-25-15-22(20-6-2-3-7-21(20)25)28-16-23(26)24-13-19-5-4-12-27-19/h2-3,6-11,15,19H,4-5,12-14,16H2,1H3,(H,24,26)/t19-/m1/s1. The van der Waals surface area contributed by atoms with Gasteiger partial charge in [-0.3, -0.25) is 4.79 Å². The lowest BCUT2D eigenvalue weighted by molar-refractivity contribution is -0.119. The van der Waals surface area contributed by atoms with Gasteiger partial charge in [-0.05, 0) is 31.4 Å². The maximum atomic E-state index is 12.2. The summed E-state index contributed by atoms with van der Waals surface area (Å²) < 4.78 is 7.84. The smallest absolute Gasteiger partial charge is 0.230 e. The summed E-state index contributed by atoms with van der Waals surface area (Å²) in [5.74, 6) is 0.488. The lowest BCUT2D eigenvalue weighted by Crippen LogP contribution is -2.32. The van der Waals surface area contributed by atoms with Gasteiger partial charge in [-0.15, -0.1) is 11.8 Å². The predicted molar refractivity (Wildman–Crippen MR) is 115 cm³/mol. The fourth-order valence-corrected chi connectivity index (χ4v) is 4.49. The average molecular weight is 395 g/mol. The van der Waals surface area contributed by atoms with E-state index in [0.717, 1.165) is 30.9 Å². The molecule has 2 heterocycles. The Morgan fingerprint density at radius 1 is 1.21 bits per heavy atom. The van der Waals surface area contributed by atoms with E-state index in [1.54, 1.807) is 11.8 Å². The van der Waals surface area contributed by atoms with Gasteiger partial charge in [0, 0.05) is 41.7 Å². The van der Waals surface area contributed by atoms with Gasteiger partial charge in [0.2, 0.25) is 5.91 Å². The Bertz CT molecular complexity index is 943. The Morgan fingerprint density at radius 2 is 2.04 bits per heavy atom. The van der Waals surface area contributed by atoms with Crippen LogP contribution in [0, 0.1) is 6.92 Å². The van der Waals surface area contributed by atoms with Crippen molar-refractivity contribution < 1.29 is 9.53 Å². The molecule has 0 radical (unpaired) electrons. The molecule has 146 valence electrons. The minimum Gasteiger partial charge on any atom is -0.376 e. The second-order valence-electron chi connectivity index (χ2n) is 7.35. The summed E-state index contributed by atoms with van der Waals surface area (Å²) in [5, 5.41) is 4.20. The molecule has 1 aliphatic heterocycles. The molecule has 1 N–H and O–H groups in total. The Morgan fingerprint density at radius 3 is 2.82 bits per heavy atom. The highest BCUT2D eigenvalue weighted by molar-refractivity contribution is 8.00. The summed E-state index contributed by atoms with van der Waals surface area (Å²) in [5.41, 5.74) is 3.74. The van der Waals surface area contributed by atoms with Crippen molar-refractivity contribution in [2.24, 2.45) is 0 Å². The summed E-state index contributed by atoms with van der Waals surface area (Å²) in [7, 11) is 0. The van der Waals surface area contributed by atoms with E-state index in [0.29, 0.717) is 12.3 Å². The molecule has 28 heavy (non-hydrogen) atoms. The summed E-state index contributed by atoms with van der Waals surface area (Å²) in [6, 6.07) is 17.0. The van der Waals surface area contributed by atoms with Gasteiger partial charge in [-0.2, -0.15) is 0 Å². The number of rotatable bonds is 7. The number of hydrogen-bond acceptors (Lipinski definition) is 3. The molecular formula is C23H26N2O2S. The van der Waals surface area contributed by atoms with Crippen LogP contribution in [0.4, 0.5) is 0 Å². The minimum atomic E-state index is 0.0656. The highest BCUT2D eigenvalue weighted by Crippen LogP contribution is 2.30. The fourth-order valence-electron chi connectivity index (χ4n) is 3.58. The number of para-hydroxylation sites is 1. The molecule has 1 aromatic heterocycles. The number of aromatic nitrogens is 1. The first-order chi connectivity index (χ1) is 13.7. The van der Waals surface area contributed by atoms with Crippen molar-refractivity contribution >= 4 is 28.6 Å². The predicted octanol–water partition coefficient (Wildman–Crippen LogP) is 4.39. The summed E-state index contributed by atoms with van der Waals surface area (Å²) >= 11 is 1.60. The van der Waals surface area contributed by atoms with E-state index >= 15 is 0 Å². The lowest BCUT2D eigenvalue weighted by atomic mass is 10.1. The molecule has 0 unspecified atom stereocenters. The molecule has 4 rings (SSSR count). The quantitative estimate of drug-likeness (QED) is 0.605. The molecule has 0 bridgehead atoms. The van der Waals surface area contributed by atoms with Crippen molar-refractivity contribution in [3.8, 4) is 0 Å². The topological polar surface area (TPSA) is 43.3 Å². The summed E-state index contributed by atoms with van der Waals surface area (Å²) in [6.45, 7) is 4.37. The van der Waals surface area contributed by atoms with Crippen LogP contribution in [-0.4, -0.2) is 35.5 Å². The third-order valence-electron chi connectivity index (χ3n) is 5.14. The van der Waals surface area contributed by atoms with E-state index in [-0.39, 0.29) is 12.0 Å². The van der Waals surface area contributed by atoms with Gasteiger partial charge in [0.1, 0.15) is 0 Å². The Hall–Kier alpha value is -2.24. The van der Waals surface area contributed by atoms with Crippen molar-refractivity contribution in [3.05, 3.63) is 65.9 Å². The van der Waals surface area contributed by atoms with Gasteiger partial charge in [-0.25, -0.2) is 0 Å². The van der Waals surface area contributed by atoms with Crippen LogP contribution in [0.1, 0.15) is 24.0 Å². The molecule has 5 heteroatoms. The van der Waals surface area contributed by atoms with Gasteiger partial charge >= 0.3 is 0 Å². The normalized spacial score (nSPS) is 16.5. The van der Waals surface area contributed by atoms with E-state index in [9.17, 15) is 4.79 Å². The third kappa shape index (κ3) is 4.59. The first kappa shape index (κ1) is 19.1. The molecule has 2 aromatic carbocycles. The van der Waals surface area contributed by atoms with Crippen LogP contribution >= 0.6 is 11.8 Å². The van der Waals surface area contributed by atoms with Crippen molar-refractivity contribution in [1.82, 2.24) is 9.88 Å². The first-order valence-corrected chi connectivity index (χ1v) is 10.8. The van der Waals surface area contributed by atoms with Crippen LogP contribution in [0.3, 0.4) is 0 Å². The number of nitrogens with one attached hydrogen (secondary N) is 1. The zero-order valence-electron chi connectivity index (χ0n) is 16.2. The number of nitrogens with zero attached hydrogens (tertiary/aromatic N) is 1. The highest BCUT2D eigenvalue weighted by atomic mass is 32.2. The van der Waals surface area contributed by atoms with Gasteiger partial charge in [0.15, 0.2) is 0 Å². The molecule has 1 fully saturated rings. The number of aryl methyl sites for hydroxylation is 1. The van der Waals surface area contributed by atoms with Crippen molar-refractivity contribution in [3.63, 3.8) is 0 Å². The molecular weight excluding hydrogens is 368 g/mol. The van der Waals surface area contributed by atoms with Gasteiger partial charge in [-0.1, -0.05) is 48.0 Å². The van der Waals surface area contributed by atoms with E-state index < -0.39 is 0 Å². The maximum absolute atomic E-state index is 12.2. The molecule has 3 aromatic rings. The Labute approximate surface area is 170 Å². The molecule has 0 saturated carbocycles. The monoisotopic (exact) mass is 394 g/mol. The number of thioether (sulfide) groups is 1. The van der Waals surface area contributed by atoms with Crippen LogP contribution < -0.4 is 5.32 Å². The largest absolute Gasteiger partial charge is 0.376 e. The van der Waals surface area contributed by atoms with Crippen LogP contribution in [0.25, 0.3) is 10.9 Å². The van der Waals surface area contributed by atoms with Crippen molar-refractivity contribution in [1.29, 1.82) is 0 Å². The first-order valence-electron chi connectivity index (χ1n) is 9.83. The minimum absolute atomic E-state index is 0.0656. The summed E-state index contributed by atoms with van der Waals surface area (Å²) in [6.07, 6.45) is 4.49. The number of ether oxygens (including phenoxy) is 1. The number of carbonyl (C=O) groups excluding carboxylic acids is 1. The van der Waals surface area contributed by atoms with Crippen molar-refractivity contribution in [2.45, 2.75) is 37.3 Å². The van der Waals surface area contributed by atoms with E-state index in [4.69, 9.17) is 4.74 Å². The van der Waals surface area contributed by atoms with Gasteiger partial charge < -0.3 is 14.6 Å². The number of benzene rings is 2. The zero-order chi connectivity index (χ0) is 19.3. The highest BCUT2D eigenvalue weighted by Gasteiger charge is 2.16. The molecule has 4 nitrogen and oxygen atoms in total. The lowest BCUT2D eigenvalue weighted by Gasteiger charge is -2.10. The van der Waals surface area contributed by atoms with Crippen LogP contribution in [0.5, 0.6) is 0 Å². The maximum Gasteiger partial charge on any atom is 0.230 e. The number of fused-ring (bicyclic) bond motifs is 1. The summed E-state index contributed by atoms with van der Waals surface area (Å²) in [4.78, 5) is 13.4. The zero-order valence-corrected chi connectivity index (χ0v) is 17.0. The number of amides is 1. The fraction of sp³-hybridized carbons (Fsp3) is 0.348.